The van der Waals surface area contributed by atoms with Crippen molar-refractivity contribution < 1.29 is 15.0 Å². The van der Waals surface area contributed by atoms with Gasteiger partial charge in [0.15, 0.2) is 0 Å². The first kappa shape index (κ1) is 10.5. The van der Waals surface area contributed by atoms with Crippen molar-refractivity contribution in [3.8, 4) is 0 Å². The molecule has 1 fully saturated rings. The van der Waals surface area contributed by atoms with Gasteiger partial charge in [0.25, 0.3) is 0 Å². The van der Waals surface area contributed by atoms with Gasteiger partial charge in [-0.3, -0.25) is 9.69 Å². The normalized spacial score (nSPS) is 23.8. The summed E-state index contributed by atoms with van der Waals surface area (Å²) in [6.45, 7) is 3.12. The van der Waals surface area contributed by atoms with Gasteiger partial charge < -0.3 is 10.2 Å². The number of carboxylic acids is 1. The monoisotopic (exact) mass is 187 g/mol. The van der Waals surface area contributed by atoms with E-state index in [4.69, 9.17) is 5.11 Å². The first-order valence-electron chi connectivity index (χ1n) is 4.78. The predicted octanol–water partition coefficient (Wildman–Crippen LogP) is 0.306. The van der Waals surface area contributed by atoms with Crippen LogP contribution in [0.1, 0.15) is 26.2 Å². The quantitative estimate of drug-likeness (QED) is 0.667. The summed E-state index contributed by atoms with van der Waals surface area (Å²) in [4.78, 5) is 12.7. The van der Waals surface area contributed by atoms with Crippen LogP contribution in [0.2, 0.25) is 0 Å². The van der Waals surface area contributed by atoms with Crippen LogP contribution in [0.4, 0.5) is 0 Å². The van der Waals surface area contributed by atoms with Gasteiger partial charge in [-0.15, -0.1) is 0 Å². The number of aliphatic carboxylic acids is 1. The Morgan fingerprint density at radius 3 is 2.23 bits per heavy atom. The molecule has 4 nitrogen and oxygen atoms in total. The maximum atomic E-state index is 10.8. The SMILES string of the molecule is C[C@@H](O)[C@H](C(=O)O)N1CCCCC1. The number of aliphatic hydroxyl groups is 1. The molecule has 0 aromatic rings. The molecule has 1 heterocycles. The minimum atomic E-state index is -0.920. The zero-order valence-corrected chi connectivity index (χ0v) is 7.94. The second-order valence-corrected chi connectivity index (χ2v) is 3.62. The number of carbonyl (C=O) groups is 1. The van der Waals surface area contributed by atoms with Crippen LogP contribution in [0.25, 0.3) is 0 Å². The van der Waals surface area contributed by atoms with Gasteiger partial charge in [0.2, 0.25) is 0 Å². The molecule has 1 aliphatic rings. The van der Waals surface area contributed by atoms with Crippen molar-refractivity contribution in [1.82, 2.24) is 4.90 Å². The standard InChI is InChI=1S/C9H17NO3/c1-7(11)8(9(12)13)10-5-3-2-4-6-10/h7-8,11H,2-6H2,1H3,(H,12,13)/t7-,8-/m1/s1. The maximum absolute atomic E-state index is 10.8. The molecule has 0 saturated carbocycles. The molecule has 0 radical (unpaired) electrons. The summed E-state index contributed by atoms with van der Waals surface area (Å²) in [6.07, 6.45) is 2.45. The van der Waals surface area contributed by atoms with Crippen molar-refractivity contribution in [2.75, 3.05) is 13.1 Å². The van der Waals surface area contributed by atoms with E-state index >= 15 is 0 Å². The van der Waals surface area contributed by atoms with E-state index in [2.05, 4.69) is 0 Å². The van der Waals surface area contributed by atoms with Crippen molar-refractivity contribution in [2.45, 2.75) is 38.3 Å². The molecule has 2 N–H and O–H groups in total. The lowest BCUT2D eigenvalue weighted by atomic mass is 10.1. The molecule has 4 heteroatoms. The number of rotatable bonds is 3. The molecule has 13 heavy (non-hydrogen) atoms. The van der Waals surface area contributed by atoms with Gasteiger partial charge in [0, 0.05) is 0 Å². The van der Waals surface area contributed by atoms with E-state index in [1.54, 1.807) is 0 Å². The molecule has 0 aromatic heterocycles. The molecular formula is C9H17NO3. The fraction of sp³-hybridized carbons (Fsp3) is 0.889. The molecule has 0 spiro atoms. The van der Waals surface area contributed by atoms with Crippen molar-refractivity contribution in [2.24, 2.45) is 0 Å². The van der Waals surface area contributed by atoms with Crippen molar-refractivity contribution >= 4 is 5.97 Å². The van der Waals surface area contributed by atoms with E-state index in [-0.39, 0.29) is 0 Å². The van der Waals surface area contributed by atoms with Gasteiger partial charge in [0.05, 0.1) is 6.10 Å². The molecule has 2 atom stereocenters. The minimum Gasteiger partial charge on any atom is -0.480 e. The lowest BCUT2D eigenvalue weighted by Gasteiger charge is -2.33. The number of likely N-dealkylation sites (tertiary alicyclic amines) is 1. The van der Waals surface area contributed by atoms with E-state index in [9.17, 15) is 9.90 Å². The zero-order valence-electron chi connectivity index (χ0n) is 7.94. The molecule has 0 bridgehead atoms. The highest BCUT2D eigenvalue weighted by atomic mass is 16.4. The van der Waals surface area contributed by atoms with E-state index in [0.717, 1.165) is 25.9 Å². The Morgan fingerprint density at radius 1 is 1.31 bits per heavy atom. The number of aliphatic hydroxyl groups excluding tert-OH is 1. The predicted molar refractivity (Wildman–Crippen MR) is 48.5 cm³/mol. The van der Waals surface area contributed by atoms with Gasteiger partial charge >= 0.3 is 5.97 Å². The minimum absolute atomic E-state index is 0.722. The highest BCUT2D eigenvalue weighted by molar-refractivity contribution is 5.74. The number of piperidine rings is 1. The Balaban J connectivity index is 2.57. The number of hydrogen-bond acceptors (Lipinski definition) is 3. The molecule has 0 amide bonds. The summed E-state index contributed by atoms with van der Waals surface area (Å²) in [7, 11) is 0. The van der Waals surface area contributed by atoms with Gasteiger partial charge in [-0.25, -0.2) is 0 Å². The van der Waals surface area contributed by atoms with Crippen LogP contribution in [0.5, 0.6) is 0 Å². The van der Waals surface area contributed by atoms with Crippen LogP contribution in [0.15, 0.2) is 0 Å². The Bertz CT molecular complexity index is 176. The van der Waals surface area contributed by atoms with Crippen LogP contribution in [-0.4, -0.2) is 46.3 Å². The molecule has 0 unspecified atom stereocenters. The Morgan fingerprint density at radius 2 is 1.85 bits per heavy atom. The third-order valence-electron chi connectivity index (χ3n) is 2.49. The second kappa shape index (κ2) is 4.58. The average Bonchev–Trinajstić information content (AvgIpc) is 2.04. The highest BCUT2D eigenvalue weighted by Gasteiger charge is 2.30. The van der Waals surface area contributed by atoms with Crippen LogP contribution < -0.4 is 0 Å². The highest BCUT2D eigenvalue weighted by Crippen LogP contribution is 2.14. The van der Waals surface area contributed by atoms with Crippen LogP contribution in [0, 0.1) is 0 Å². The molecule has 76 valence electrons. The Labute approximate surface area is 78.2 Å². The molecule has 0 aromatic carbocycles. The van der Waals surface area contributed by atoms with E-state index in [0.29, 0.717) is 0 Å². The number of hydrogen-bond donors (Lipinski definition) is 2. The van der Waals surface area contributed by atoms with Crippen LogP contribution >= 0.6 is 0 Å². The van der Waals surface area contributed by atoms with Gasteiger partial charge in [0.1, 0.15) is 6.04 Å². The Kier molecular flexibility index (Phi) is 3.69. The summed E-state index contributed by atoms with van der Waals surface area (Å²) < 4.78 is 0. The summed E-state index contributed by atoms with van der Waals surface area (Å²) in [5.41, 5.74) is 0. The summed E-state index contributed by atoms with van der Waals surface area (Å²) in [5, 5.41) is 18.2. The van der Waals surface area contributed by atoms with Crippen LogP contribution in [-0.2, 0) is 4.79 Å². The van der Waals surface area contributed by atoms with Gasteiger partial charge in [-0.1, -0.05) is 6.42 Å². The van der Waals surface area contributed by atoms with E-state index in [1.807, 2.05) is 4.90 Å². The van der Waals surface area contributed by atoms with E-state index in [1.165, 1.54) is 13.3 Å². The van der Waals surface area contributed by atoms with Crippen molar-refractivity contribution in [3.05, 3.63) is 0 Å². The van der Waals surface area contributed by atoms with Crippen molar-refractivity contribution in [3.63, 3.8) is 0 Å². The van der Waals surface area contributed by atoms with Crippen molar-refractivity contribution in [1.29, 1.82) is 0 Å². The molecule has 1 aliphatic heterocycles. The molecule has 1 rings (SSSR count). The molecular weight excluding hydrogens is 170 g/mol. The third kappa shape index (κ3) is 2.67. The van der Waals surface area contributed by atoms with E-state index < -0.39 is 18.1 Å². The molecule has 0 aliphatic carbocycles. The van der Waals surface area contributed by atoms with Crippen LogP contribution in [0.3, 0.4) is 0 Å². The zero-order chi connectivity index (χ0) is 9.84. The second-order valence-electron chi connectivity index (χ2n) is 3.62. The summed E-state index contributed by atoms with van der Waals surface area (Å²) in [5.74, 6) is -0.920. The fourth-order valence-corrected chi connectivity index (χ4v) is 1.86. The third-order valence-corrected chi connectivity index (χ3v) is 2.49. The lowest BCUT2D eigenvalue weighted by Crippen LogP contribution is -2.49. The topological polar surface area (TPSA) is 60.8 Å². The van der Waals surface area contributed by atoms with Gasteiger partial charge in [-0.05, 0) is 32.9 Å². The Hall–Kier alpha value is -0.610. The molecule has 1 saturated heterocycles. The average molecular weight is 187 g/mol. The first-order valence-corrected chi connectivity index (χ1v) is 4.78. The first-order chi connectivity index (χ1) is 6.13. The number of carboxylic acid groups (broad SMARTS) is 1. The summed E-state index contributed by atoms with van der Waals surface area (Å²) >= 11 is 0. The fourth-order valence-electron chi connectivity index (χ4n) is 1.86. The summed E-state index contributed by atoms with van der Waals surface area (Å²) in [6, 6.07) is -0.722. The largest absolute Gasteiger partial charge is 0.480 e. The smallest absolute Gasteiger partial charge is 0.323 e. The lowest BCUT2D eigenvalue weighted by molar-refractivity contribution is -0.147. The van der Waals surface area contributed by atoms with Gasteiger partial charge in [-0.2, -0.15) is 0 Å². The number of nitrogens with zero attached hydrogens (tertiary/aromatic N) is 1. The maximum Gasteiger partial charge on any atom is 0.323 e.